The van der Waals surface area contributed by atoms with Crippen molar-refractivity contribution in [3.8, 4) is 0 Å². The number of carbonyl (C=O) groups excluding carboxylic acids is 2. The molecule has 0 fully saturated rings. The Hall–Kier alpha value is -1.59. The first-order valence-corrected chi connectivity index (χ1v) is 4.30. The lowest BCUT2D eigenvalue weighted by Gasteiger charge is -1.92. The van der Waals surface area contributed by atoms with E-state index < -0.39 is 0 Å². The van der Waals surface area contributed by atoms with Crippen LogP contribution in [0.4, 0.5) is 0 Å². The van der Waals surface area contributed by atoms with Gasteiger partial charge in [0.2, 0.25) is 0 Å². The van der Waals surface area contributed by atoms with Crippen LogP contribution in [0.2, 0.25) is 0 Å². The molecule has 1 heterocycles. The molecule has 0 atom stereocenters. The summed E-state index contributed by atoms with van der Waals surface area (Å²) in [6, 6.07) is 0. The van der Waals surface area contributed by atoms with Gasteiger partial charge in [0.25, 0.3) is 5.82 Å². The van der Waals surface area contributed by atoms with Gasteiger partial charge in [-0.3, -0.25) is 9.59 Å². The number of carbonyl (C=O) groups is 2. The fourth-order valence-electron chi connectivity index (χ4n) is 1.07. The summed E-state index contributed by atoms with van der Waals surface area (Å²) in [5.74, 6) is 0.719. The van der Waals surface area contributed by atoms with Gasteiger partial charge >= 0.3 is 0 Å². The highest BCUT2D eigenvalue weighted by Gasteiger charge is 2.17. The van der Waals surface area contributed by atoms with Crippen molar-refractivity contribution in [2.45, 2.75) is 33.9 Å². The molecule has 0 radical (unpaired) electrons. The van der Waals surface area contributed by atoms with E-state index in [1.54, 1.807) is 6.92 Å². The highest BCUT2D eigenvalue weighted by molar-refractivity contribution is 5.75. The normalized spacial score (nSPS) is 10.2. The average Bonchev–Trinajstić information content (AvgIpc) is 2.34. The van der Waals surface area contributed by atoms with Crippen molar-refractivity contribution in [3.05, 3.63) is 5.82 Å². The highest BCUT2D eigenvalue weighted by atomic mass is 16.1. The summed E-state index contributed by atoms with van der Waals surface area (Å²) in [5.41, 5.74) is 0. The third-order valence-corrected chi connectivity index (χ3v) is 1.75. The van der Waals surface area contributed by atoms with Gasteiger partial charge in [0.05, 0.1) is 0 Å². The Morgan fingerprint density at radius 2 is 2.00 bits per heavy atom. The summed E-state index contributed by atoms with van der Waals surface area (Å²) in [6.45, 7) is 5.13. The second-order valence-corrected chi connectivity index (χ2v) is 3.25. The van der Waals surface area contributed by atoms with Crippen molar-refractivity contribution < 1.29 is 14.3 Å². The Kier molecular flexibility index (Phi) is 3.06. The van der Waals surface area contributed by atoms with Crippen LogP contribution in [0, 0.1) is 6.92 Å². The molecular formula is C8H13N4O2+. The lowest BCUT2D eigenvalue weighted by molar-refractivity contribution is -0.748. The quantitative estimate of drug-likeness (QED) is 0.584. The molecule has 0 aromatic carbocycles. The van der Waals surface area contributed by atoms with E-state index in [0.717, 1.165) is 0 Å². The van der Waals surface area contributed by atoms with Crippen LogP contribution in [0.3, 0.4) is 0 Å². The zero-order valence-corrected chi connectivity index (χ0v) is 8.52. The maximum Gasteiger partial charge on any atom is 0.254 e. The zero-order chi connectivity index (χ0) is 10.7. The van der Waals surface area contributed by atoms with E-state index >= 15 is 0 Å². The fourth-order valence-corrected chi connectivity index (χ4v) is 1.07. The molecule has 0 aliphatic rings. The van der Waals surface area contributed by atoms with Gasteiger partial charge in [0, 0.05) is 6.92 Å². The third kappa shape index (κ3) is 2.45. The van der Waals surface area contributed by atoms with E-state index in [9.17, 15) is 9.59 Å². The SMILES string of the molecule is CC(=O)Cn1nn[n+](CC(C)=O)c1C. The number of hydrogen-bond donors (Lipinski definition) is 0. The number of ketones is 2. The van der Waals surface area contributed by atoms with E-state index in [-0.39, 0.29) is 24.7 Å². The Labute approximate surface area is 81.5 Å². The van der Waals surface area contributed by atoms with Crippen molar-refractivity contribution in [1.82, 2.24) is 15.1 Å². The van der Waals surface area contributed by atoms with E-state index in [4.69, 9.17) is 0 Å². The fraction of sp³-hybridized carbons (Fsp3) is 0.625. The summed E-state index contributed by atoms with van der Waals surface area (Å²) in [7, 11) is 0. The summed E-state index contributed by atoms with van der Waals surface area (Å²) in [5, 5.41) is 7.53. The van der Waals surface area contributed by atoms with Crippen LogP contribution in [0.15, 0.2) is 0 Å². The number of aromatic nitrogens is 4. The van der Waals surface area contributed by atoms with Gasteiger partial charge in [0.1, 0.15) is 5.21 Å². The Bertz CT molecular complexity index is 336. The minimum Gasteiger partial charge on any atom is -0.296 e. The van der Waals surface area contributed by atoms with Crippen molar-refractivity contribution in [1.29, 1.82) is 0 Å². The van der Waals surface area contributed by atoms with Crippen LogP contribution >= 0.6 is 0 Å². The Morgan fingerprint density at radius 3 is 2.50 bits per heavy atom. The molecule has 1 rings (SSSR count). The molecule has 1 aromatic heterocycles. The van der Waals surface area contributed by atoms with Crippen LogP contribution in [-0.4, -0.2) is 26.7 Å². The molecule has 76 valence electrons. The predicted octanol–water partition coefficient (Wildman–Crippen LogP) is -0.948. The van der Waals surface area contributed by atoms with Crippen LogP contribution < -0.4 is 4.68 Å². The smallest absolute Gasteiger partial charge is 0.254 e. The molecule has 0 saturated carbocycles. The number of Topliss-reactive ketones (excluding diaryl/α,β-unsaturated/α-hetero) is 2. The van der Waals surface area contributed by atoms with E-state index in [1.807, 2.05) is 0 Å². The number of rotatable bonds is 4. The maximum absolute atomic E-state index is 10.8. The molecule has 14 heavy (non-hydrogen) atoms. The third-order valence-electron chi connectivity index (χ3n) is 1.75. The average molecular weight is 197 g/mol. The molecule has 0 saturated heterocycles. The molecule has 6 heteroatoms. The largest absolute Gasteiger partial charge is 0.296 e. The molecule has 0 aliphatic heterocycles. The monoisotopic (exact) mass is 197 g/mol. The lowest BCUT2D eigenvalue weighted by Crippen LogP contribution is -2.42. The molecule has 0 aliphatic carbocycles. The molecule has 0 amide bonds. The first-order valence-electron chi connectivity index (χ1n) is 4.30. The van der Waals surface area contributed by atoms with Gasteiger partial charge in [-0.05, 0) is 13.8 Å². The van der Waals surface area contributed by atoms with Gasteiger partial charge in [-0.2, -0.15) is 0 Å². The maximum atomic E-state index is 10.8. The minimum atomic E-state index is 0.00738. The minimum absolute atomic E-state index is 0.00738. The Balaban J connectivity index is 2.85. The van der Waals surface area contributed by atoms with Crippen LogP contribution in [0.25, 0.3) is 0 Å². The van der Waals surface area contributed by atoms with Crippen molar-refractivity contribution in [2.24, 2.45) is 0 Å². The van der Waals surface area contributed by atoms with Gasteiger partial charge in [-0.25, -0.2) is 0 Å². The highest BCUT2D eigenvalue weighted by Crippen LogP contribution is 1.88. The molecule has 0 unspecified atom stereocenters. The van der Waals surface area contributed by atoms with Crippen molar-refractivity contribution >= 4 is 11.6 Å². The Morgan fingerprint density at radius 1 is 1.36 bits per heavy atom. The van der Waals surface area contributed by atoms with Crippen molar-refractivity contribution in [2.75, 3.05) is 0 Å². The second kappa shape index (κ2) is 4.08. The second-order valence-electron chi connectivity index (χ2n) is 3.25. The van der Waals surface area contributed by atoms with Gasteiger partial charge in [0.15, 0.2) is 29.9 Å². The van der Waals surface area contributed by atoms with Crippen LogP contribution in [-0.2, 0) is 22.7 Å². The predicted molar refractivity (Wildman–Crippen MR) is 46.3 cm³/mol. The molecule has 6 nitrogen and oxygen atoms in total. The number of hydrogen-bond acceptors (Lipinski definition) is 4. The standard InChI is InChI=1S/C8H13N4O2/c1-6(13)4-11-8(3)12(10-9-11)5-7(2)14/h4-5H2,1-3H3/q+1. The van der Waals surface area contributed by atoms with Crippen molar-refractivity contribution in [3.63, 3.8) is 0 Å². The zero-order valence-electron chi connectivity index (χ0n) is 8.52. The first-order chi connectivity index (χ1) is 6.50. The van der Waals surface area contributed by atoms with Crippen LogP contribution in [0.5, 0.6) is 0 Å². The van der Waals surface area contributed by atoms with E-state index in [1.165, 1.54) is 23.2 Å². The lowest BCUT2D eigenvalue weighted by atomic mass is 10.4. The molecule has 0 N–H and O–H groups in total. The molecule has 0 bridgehead atoms. The number of tetrazole rings is 1. The summed E-state index contributed by atoms with van der Waals surface area (Å²) >= 11 is 0. The molecule has 1 aromatic rings. The van der Waals surface area contributed by atoms with Gasteiger partial charge < -0.3 is 0 Å². The molecule has 0 spiro atoms. The first kappa shape index (κ1) is 10.5. The topological polar surface area (TPSA) is 68.7 Å². The molecular weight excluding hydrogens is 184 g/mol. The summed E-state index contributed by atoms with van der Waals surface area (Å²) < 4.78 is 2.95. The van der Waals surface area contributed by atoms with Gasteiger partial charge in [-0.1, -0.05) is 4.68 Å². The number of nitrogens with zero attached hydrogens (tertiary/aromatic N) is 4. The summed E-state index contributed by atoms with van der Waals surface area (Å²) in [6.07, 6.45) is 0. The van der Waals surface area contributed by atoms with Crippen LogP contribution in [0.1, 0.15) is 19.7 Å². The summed E-state index contributed by atoms with van der Waals surface area (Å²) in [4.78, 5) is 21.7. The van der Waals surface area contributed by atoms with E-state index in [2.05, 4.69) is 10.4 Å². The van der Waals surface area contributed by atoms with E-state index in [0.29, 0.717) is 5.82 Å². The van der Waals surface area contributed by atoms with Gasteiger partial charge in [-0.15, -0.1) is 4.68 Å².